The van der Waals surface area contributed by atoms with Gasteiger partial charge >= 0.3 is 0 Å². The number of benzene rings is 2. The third kappa shape index (κ3) is 4.17. The fraction of sp³-hybridized carbons (Fsp3) is 0.381. The molecule has 0 saturated heterocycles. The molecule has 1 atom stereocenters. The first-order chi connectivity index (χ1) is 14.1. The Morgan fingerprint density at radius 3 is 2.23 bits per heavy atom. The molecule has 1 fully saturated rings. The summed E-state index contributed by atoms with van der Waals surface area (Å²) in [6.07, 6.45) is -0.539. The Morgan fingerprint density at radius 2 is 1.74 bits per heavy atom. The molecule has 2 N–H and O–H groups in total. The van der Waals surface area contributed by atoms with Crippen molar-refractivity contribution in [2.45, 2.75) is 43.9 Å². The Kier molecular flexibility index (Phi) is 5.68. The van der Waals surface area contributed by atoms with Gasteiger partial charge in [0.25, 0.3) is 21.9 Å². The number of hydrogen-bond acceptors (Lipinski definition) is 3. The maximum absolute atomic E-state index is 14.0. The van der Waals surface area contributed by atoms with Gasteiger partial charge in [-0.25, -0.2) is 26.0 Å². The first-order valence-corrected chi connectivity index (χ1v) is 11.2. The number of halogens is 5. The molecule has 0 aromatic heterocycles. The van der Waals surface area contributed by atoms with Crippen LogP contribution in [0.3, 0.4) is 0 Å². The summed E-state index contributed by atoms with van der Waals surface area (Å²) in [7, 11) is -4.21. The summed E-state index contributed by atoms with van der Waals surface area (Å²) in [4.78, 5) is -0.270. The largest absolute Gasteiger partial charge is 0.304 e. The van der Waals surface area contributed by atoms with Crippen LogP contribution in [0.15, 0.2) is 47.4 Å². The van der Waals surface area contributed by atoms with Crippen LogP contribution >= 0.6 is 11.6 Å². The van der Waals surface area contributed by atoms with Crippen molar-refractivity contribution < 1.29 is 26.0 Å². The first-order valence-electron chi connectivity index (χ1n) is 9.34. The monoisotopic (exact) mass is 476 g/mol. The number of rotatable bonds is 6. The molecule has 0 heterocycles. The first kappa shape index (κ1) is 23.5. The summed E-state index contributed by atoms with van der Waals surface area (Å²) < 4.78 is 82.6. The van der Waals surface area contributed by atoms with Gasteiger partial charge in [-0.1, -0.05) is 43.6 Å². The van der Waals surface area contributed by atoms with Crippen LogP contribution in [0.1, 0.15) is 38.3 Å². The molecule has 1 saturated carbocycles. The van der Waals surface area contributed by atoms with Gasteiger partial charge in [0.2, 0.25) is 0 Å². The van der Waals surface area contributed by atoms with Gasteiger partial charge in [0.1, 0.15) is 0 Å². The molecule has 0 radical (unpaired) electrons. The topological polar surface area (TPSA) is 70.0 Å². The Labute approximate surface area is 183 Å². The minimum Gasteiger partial charge on any atom is -0.304 e. The van der Waals surface area contributed by atoms with Crippen LogP contribution in [0.2, 0.25) is 5.02 Å². The van der Waals surface area contributed by atoms with E-state index in [1.54, 1.807) is 0 Å². The van der Waals surface area contributed by atoms with Crippen molar-refractivity contribution in [2.75, 3.05) is 4.72 Å². The lowest BCUT2D eigenvalue weighted by atomic mass is 9.56. The lowest BCUT2D eigenvalue weighted by Crippen LogP contribution is -2.57. The van der Waals surface area contributed by atoms with Gasteiger partial charge in [0.15, 0.2) is 0 Å². The summed E-state index contributed by atoms with van der Waals surface area (Å²) in [6, 6.07) is 8.36. The molecule has 0 amide bonds. The van der Waals surface area contributed by atoms with Gasteiger partial charge in [-0.15, -0.1) is 0 Å². The Balaban J connectivity index is 1.94. The molecular formula is C21H21ClF4N2O2S. The van der Waals surface area contributed by atoms with Crippen LogP contribution in [0.25, 0.3) is 0 Å². The van der Waals surface area contributed by atoms with E-state index in [1.807, 2.05) is 0 Å². The van der Waals surface area contributed by atoms with E-state index in [2.05, 4.69) is 4.72 Å². The van der Waals surface area contributed by atoms with Gasteiger partial charge in [-0.05, 0) is 24.3 Å². The lowest BCUT2D eigenvalue weighted by molar-refractivity contribution is -0.206. The highest BCUT2D eigenvalue weighted by Gasteiger charge is 2.63. The Hall–Kier alpha value is -2.13. The summed E-state index contributed by atoms with van der Waals surface area (Å²) in [5.41, 5.74) is -2.06. The number of hydrogen-bond donors (Lipinski definition) is 2. The second-order valence-corrected chi connectivity index (χ2v) is 10.4. The fourth-order valence-corrected chi connectivity index (χ4v) is 4.90. The predicted molar refractivity (Wildman–Crippen MR) is 112 cm³/mol. The van der Waals surface area contributed by atoms with Crippen LogP contribution in [0.5, 0.6) is 0 Å². The number of anilines is 1. The zero-order valence-electron chi connectivity index (χ0n) is 16.9. The van der Waals surface area contributed by atoms with E-state index in [0.717, 1.165) is 24.3 Å². The molecule has 0 aliphatic heterocycles. The van der Waals surface area contributed by atoms with Gasteiger partial charge in [-0.3, -0.25) is 4.72 Å². The second kappa shape index (κ2) is 7.48. The highest BCUT2D eigenvalue weighted by Crippen LogP contribution is 2.59. The van der Waals surface area contributed by atoms with E-state index < -0.39 is 39.6 Å². The van der Waals surface area contributed by atoms with Crippen molar-refractivity contribution in [2.24, 2.45) is 11.3 Å². The molecule has 3 rings (SSSR count). The maximum Gasteiger partial charge on any atom is 0.270 e. The van der Waals surface area contributed by atoms with Crippen LogP contribution in [-0.2, 0) is 15.9 Å². The number of nitrogens with one attached hydrogen (secondary N) is 2. The minimum atomic E-state index is -4.21. The molecule has 1 unspecified atom stereocenters. The van der Waals surface area contributed by atoms with Gasteiger partial charge in [-0.2, -0.15) is 0 Å². The highest BCUT2D eigenvalue weighted by molar-refractivity contribution is 7.92. The zero-order valence-corrected chi connectivity index (χ0v) is 18.5. The fourth-order valence-electron chi connectivity index (χ4n) is 3.55. The van der Waals surface area contributed by atoms with E-state index >= 15 is 0 Å². The molecule has 0 spiro atoms. The number of sulfonamides is 1. The van der Waals surface area contributed by atoms with Crippen molar-refractivity contribution in [3.05, 3.63) is 58.6 Å². The smallest absolute Gasteiger partial charge is 0.270 e. The minimum absolute atomic E-state index is 0.0121. The third-order valence-corrected chi connectivity index (χ3v) is 7.52. The molecule has 31 heavy (non-hydrogen) atoms. The van der Waals surface area contributed by atoms with Gasteiger partial charge in [0, 0.05) is 41.5 Å². The van der Waals surface area contributed by atoms with E-state index in [4.69, 9.17) is 17.0 Å². The number of alkyl halides is 4. The van der Waals surface area contributed by atoms with E-state index in [0.29, 0.717) is 6.92 Å². The van der Waals surface area contributed by atoms with Crippen molar-refractivity contribution in [1.29, 1.82) is 5.41 Å². The summed E-state index contributed by atoms with van der Waals surface area (Å²) in [6.45, 7) is 3.40. The maximum atomic E-state index is 14.0. The Morgan fingerprint density at radius 1 is 1.16 bits per heavy atom. The Bertz CT molecular complexity index is 1130. The third-order valence-electron chi connectivity index (χ3n) is 5.82. The van der Waals surface area contributed by atoms with Gasteiger partial charge in [0.05, 0.1) is 15.6 Å². The normalized spacial score (nSPS) is 20.1. The van der Waals surface area contributed by atoms with Gasteiger partial charge < -0.3 is 5.41 Å². The van der Waals surface area contributed by atoms with Crippen molar-refractivity contribution in [3.8, 4) is 0 Å². The van der Waals surface area contributed by atoms with Crippen LogP contribution in [0.4, 0.5) is 23.2 Å². The van der Waals surface area contributed by atoms with Crippen LogP contribution in [-0.4, -0.2) is 20.1 Å². The summed E-state index contributed by atoms with van der Waals surface area (Å²) >= 11 is 6.21. The summed E-state index contributed by atoms with van der Waals surface area (Å²) in [5.74, 6) is -6.90. The molecule has 10 heteroatoms. The molecule has 4 nitrogen and oxygen atoms in total. The highest BCUT2D eigenvalue weighted by atomic mass is 35.5. The van der Waals surface area contributed by atoms with E-state index in [-0.39, 0.29) is 32.4 Å². The van der Waals surface area contributed by atoms with Crippen molar-refractivity contribution >= 4 is 33.0 Å². The molecule has 2 aromatic carbocycles. The summed E-state index contributed by atoms with van der Waals surface area (Å²) in [5, 5.41) is 8.51. The zero-order chi connectivity index (χ0) is 23.4. The van der Waals surface area contributed by atoms with Crippen molar-refractivity contribution in [1.82, 2.24) is 0 Å². The second-order valence-electron chi connectivity index (χ2n) is 8.28. The predicted octanol–water partition coefficient (Wildman–Crippen LogP) is 6.30. The average molecular weight is 477 g/mol. The standard InChI is InChI=1S/C21H21ClF4N2O2S/c1-19(2)14(11-21(19,25)26)18(27)17-15(22)5-4-6-16(17)28-31(29,30)13-9-7-12(8-10-13)20(3,23)24/h4-10,14,27-28H,11H2,1-3H3. The SMILES string of the molecule is CC(F)(F)c1ccc(S(=O)(=O)Nc2cccc(Cl)c2C(=N)C2CC(F)(F)C2(C)C)cc1. The molecule has 168 valence electrons. The van der Waals surface area contributed by atoms with Crippen LogP contribution < -0.4 is 4.72 Å². The molecule has 1 aliphatic carbocycles. The molecule has 0 bridgehead atoms. The molecular weight excluding hydrogens is 456 g/mol. The van der Waals surface area contributed by atoms with E-state index in [1.165, 1.54) is 32.0 Å². The van der Waals surface area contributed by atoms with E-state index in [9.17, 15) is 26.0 Å². The molecule has 2 aromatic rings. The molecule has 1 aliphatic rings. The van der Waals surface area contributed by atoms with Crippen molar-refractivity contribution in [3.63, 3.8) is 0 Å². The quantitative estimate of drug-likeness (QED) is 0.379. The van der Waals surface area contributed by atoms with Crippen LogP contribution in [0, 0.1) is 16.7 Å². The average Bonchev–Trinajstić information content (AvgIpc) is 2.65. The lowest BCUT2D eigenvalue weighted by Gasteiger charge is -2.51.